The van der Waals surface area contributed by atoms with Crippen LogP contribution in [0, 0.1) is 0 Å². The highest BCUT2D eigenvalue weighted by atomic mass is 15.1. The minimum absolute atomic E-state index is 1.10. The number of hydrogen-bond donors (Lipinski definition) is 0. The third-order valence-electron chi connectivity index (χ3n) is 10.6. The monoisotopic (exact) mass is 688 g/mol. The van der Waals surface area contributed by atoms with Gasteiger partial charge in [0.25, 0.3) is 0 Å². The number of fused-ring (bicyclic) bond motifs is 5. The number of benzene rings is 9. The van der Waals surface area contributed by atoms with Crippen LogP contribution in [-0.4, -0.2) is 4.57 Å². The maximum atomic E-state index is 2.41. The molecule has 0 saturated carbocycles. The number of hydrogen-bond acceptors (Lipinski definition) is 1. The topological polar surface area (TPSA) is 8.17 Å². The highest BCUT2D eigenvalue weighted by Crippen LogP contribution is 2.40. The van der Waals surface area contributed by atoms with Gasteiger partial charge in [-0.3, -0.25) is 0 Å². The van der Waals surface area contributed by atoms with Crippen LogP contribution >= 0.6 is 0 Å². The van der Waals surface area contributed by atoms with Gasteiger partial charge in [-0.15, -0.1) is 0 Å². The Bertz CT molecular complexity index is 2810. The van der Waals surface area contributed by atoms with Gasteiger partial charge in [-0.25, -0.2) is 0 Å². The van der Waals surface area contributed by atoms with Crippen molar-refractivity contribution in [1.29, 1.82) is 0 Å². The number of nitrogens with zero attached hydrogens (tertiary/aromatic N) is 2. The number of anilines is 3. The molecule has 10 aromatic rings. The van der Waals surface area contributed by atoms with E-state index in [1.54, 1.807) is 0 Å². The fraction of sp³-hybridized carbons (Fsp3) is 0. The van der Waals surface area contributed by atoms with Crippen molar-refractivity contribution >= 4 is 49.6 Å². The normalized spacial score (nSPS) is 11.3. The molecule has 2 heteroatoms. The molecule has 0 saturated heterocycles. The predicted octanol–water partition coefficient (Wildman–Crippen LogP) is 14.4. The Balaban J connectivity index is 1.03. The SMILES string of the molecule is c1ccc(-c2ccc(N(c3ccc(-c4ccccc4)cc3)c3ccc(-c4cccc(-n5c6ccccc6c6c7ccccc7ccc65)c4)cc3)cc2)cc1. The standard InChI is InChI=1S/C52H36N2/c1-3-12-37(13-4-1)39-22-29-44(30-23-39)53(45-31-24-40(25-32-45)38-14-5-2-6-15-38)46-33-26-41(27-34-46)43-17-11-18-47(36-43)54-50-21-10-9-20-49(50)52-48-19-8-7-16-42(48)28-35-51(52)54/h1-36H. The molecule has 0 aliphatic rings. The second-order valence-electron chi connectivity index (χ2n) is 13.8. The molecule has 9 aromatic carbocycles. The molecule has 0 spiro atoms. The quantitative estimate of drug-likeness (QED) is 0.162. The van der Waals surface area contributed by atoms with Gasteiger partial charge in [0.2, 0.25) is 0 Å². The Hall–Kier alpha value is -7.16. The molecule has 0 N–H and O–H groups in total. The van der Waals surface area contributed by atoms with E-state index in [-0.39, 0.29) is 0 Å². The van der Waals surface area contributed by atoms with E-state index in [4.69, 9.17) is 0 Å². The molecule has 2 nitrogen and oxygen atoms in total. The molecule has 254 valence electrons. The first-order valence-electron chi connectivity index (χ1n) is 18.5. The van der Waals surface area contributed by atoms with E-state index >= 15 is 0 Å². The zero-order valence-electron chi connectivity index (χ0n) is 29.7. The van der Waals surface area contributed by atoms with E-state index in [1.165, 1.54) is 66.0 Å². The average molecular weight is 689 g/mol. The highest BCUT2D eigenvalue weighted by Gasteiger charge is 2.16. The first-order valence-corrected chi connectivity index (χ1v) is 18.5. The molecular formula is C52H36N2. The molecule has 10 rings (SSSR count). The summed E-state index contributed by atoms with van der Waals surface area (Å²) in [6, 6.07) is 78.7. The number of para-hydroxylation sites is 1. The van der Waals surface area contributed by atoms with Gasteiger partial charge in [0, 0.05) is 33.5 Å². The van der Waals surface area contributed by atoms with Crippen molar-refractivity contribution in [2.75, 3.05) is 4.90 Å². The molecule has 0 unspecified atom stereocenters. The van der Waals surface area contributed by atoms with Gasteiger partial charge < -0.3 is 9.47 Å². The zero-order chi connectivity index (χ0) is 35.8. The van der Waals surface area contributed by atoms with E-state index < -0.39 is 0 Å². The molecular weight excluding hydrogens is 653 g/mol. The molecule has 1 heterocycles. The largest absolute Gasteiger partial charge is 0.311 e. The fourth-order valence-electron chi connectivity index (χ4n) is 7.96. The van der Waals surface area contributed by atoms with E-state index in [9.17, 15) is 0 Å². The fourth-order valence-corrected chi connectivity index (χ4v) is 7.96. The van der Waals surface area contributed by atoms with Crippen LogP contribution in [0.1, 0.15) is 0 Å². The van der Waals surface area contributed by atoms with Crippen LogP contribution in [-0.2, 0) is 0 Å². The van der Waals surface area contributed by atoms with Gasteiger partial charge >= 0.3 is 0 Å². The van der Waals surface area contributed by atoms with Gasteiger partial charge in [-0.1, -0.05) is 158 Å². The third-order valence-corrected chi connectivity index (χ3v) is 10.6. The van der Waals surface area contributed by atoms with Gasteiger partial charge in [-0.2, -0.15) is 0 Å². The smallest absolute Gasteiger partial charge is 0.0547 e. The summed E-state index contributed by atoms with van der Waals surface area (Å²) in [7, 11) is 0. The van der Waals surface area contributed by atoms with Crippen molar-refractivity contribution < 1.29 is 0 Å². The summed E-state index contributed by atoms with van der Waals surface area (Å²) < 4.78 is 2.41. The molecule has 0 fully saturated rings. The summed E-state index contributed by atoms with van der Waals surface area (Å²) in [6.07, 6.45) is 0. The van der Waals surface area contributed by atoms with Crippen LogP contribution in [0.2, 0.25) is 0 Å². The third kappa shape index (κ3) is 5.62. The first kappa shape index (κ1) is 31.6. The van der Waals surface area contributed by atoms with E-state index in [0.29, 0.717) is 0 Å². The maximum absolute atomic E-state index is 2.41. The molecule has 0 aliphatic carbocycles. The molecule has 0 aliphatic heterocycles. The Labute approximate surface area is 315 Å². The van der Waals surface area contributed by atoms with Gasteiger partial charge in [0.05, 0.1) is 11.0 Å². The van der Waals surface area contributed by atoms with Crippen molar-refractivity contribution in [3.63, 3.8) is 0 Å². The molecule has 54 heavy (non-hydrogen) atoms. The van der Waals surface area contributed by atoms with E-state index in [0.717, 1.165) is 22.7 Å². The number of aromatic nitrogens is 1. The second-order valence-corrected chi connectivity index (χ2v) is 13.8. The summed E-state index contributed by atoms with van der Waals surface area (Å²) in [6.45, 7) is 0. The minimum atomic E-state index is 1.10. The van der Waals surface area contributed by atoms with Crippen molar-refractivity contribution in [2.24, 2.45) is 0 Å². The van der Waals surface area contributed by atoms with Crippen molar-refractivity contribution in [2.45, 2.75) is 0 Å². The Morgan fingerprint density at radius 2 is 0.759 bits per heavy atom. The number of rotatable bonds is 7. The summed E-state index contributed by atoms with van der Waals surface area (Å²) in [5.74, 6) is 0. The second kappa shape index (κ2) is 13.4. The summed E-state index contributed by atoms with van der Waals surface area (Å²) in [5, 5.41) is 5.11. The summed E-state index contributed by atoms with van der Waals surface area (Å²) in [5.41, 5.74) is 14.1. The maximum Gasteiger partial charge on any atom is 0.0547 e. The lowest BCUT2D eigenvalue weighted by atomic mass is 10.0. The van der Waals surface area contributed by atoms with Crippen molar-refractivity contribution in [3.05, 3.63) is 218 Å². The van der Waals surface area contributed by atoms with Crippen LogP contribution < -0.4 is 4.90 Å². The zero-order valence-corrected chi connectivity index (χ0v) is 29.7. The van der Waals surface area contributed by atoms with Crippen LogP contribution in [0.4, 0.5) is 17.1 Å². The van der Waals surface area contributed by atoms with Gasteiger partial charge in [0.15, 0.2) is 0 Å². The lowest BCUT2D eigenvalue weighted by molar-refractivity contribution is 1.18. The van der Waals surface area contributed by atoms with Gasteiger partial charge in [-0.05, 0) is 105 Å². The minimum Gasteiger partial charge on any atom is -0.311 e. The van der Waals surface area contributed by atoms with Gasteiger partial charge in [0.1, 0.15) is 0 Å². The summed E-state index contributed by atoms with van der Waals surface area (Å²) in [4.78, 5) is 2.34. The molecule has 0 amide bonds. The Morgan fingerprint density at radius 1 is 0.296 bits per heavy atom. The average Bonchev–Trinajstić information content (AvgIpc) is 3.60. The molecule has 0 radical (unpaired) electrons. The van der Waals surface area contributed by atoms with Crippen LogP contribution in [0.3, 0.4) is 0 Å². The van der Waals surface area contributed by atoms with Crippen molar-refractivity contribution in [3.8, 4) is 39.1 Å². The lowest BCUT2D eigenvalue weighted by Crippen LogP contribution is -2.09. The molecule has 0 atom stereocenters. The highest BCUT2D eigenvalue weighted by molar-refractivity contribution is 6.21. The summed E-state index contributed by atoms with van der Waals surface area (Å²) >= 11 is 0. The van der Waals surface area contributed by atoms with Crippen molar-refractivity contribution in [1.82, 2.24) is 4.57 Å². The Kier molecular flexibility index (Phi) is 7.85. The molecule has 0 bridgehead atoms. The molecule has 1 aromatic heterocycles. The van der Waals surface area contributed by atoms with Crippen LogP contribution in [0.15, 0.2) is 218 Å². The van der Waals surface area contributed by atoms with Crippen LogP contribution in [0.25, 0.3) is 71.6 Å². The van der Waals surface area contributed by atoms with E-state index in [1.807, 2.05) is 0 Å². The predicted molar refractivity (Wildman–Crippen MR) is 229 cm³/mol. The van der Waals surface area contributed by atoms with Crippen LogP contribution in [0.5, 0.6) is 0 Å². The lowest BCUT2D eigenvalue weighted by Gasteiger charge is -2.26. The first-order chi connectivity index (χ1) is 26.8. The Morgan fingerprint density at radius 3 is 1.35 bits per heavy atom. The van der Waals surface area contributed by atoms with E-state index in [2.05, 4.69) is 228 Å².